The minimum atomic E-state index is -0.103. The SMILES string of the molecule is CCCCC=CC1(C=CCCCC)c2ccccc2-c2ccccc21.[KH]. The normalized spacial score (nSPS) is 14.4. The van der Waals surface area contributed by atoms with Crippen molar-refractivity contribution in [3.63, 3.8) is 0 Å². The van der Waals surface area contributed by atoms with Crippen molar-refractivity contribution < 1.29 is 0 Å². The van der Waals surface area contributed by atoms with Gasteiger partial charge in [-0.3, -0.25) is 0 Å². The number of hydrogen-bond donors (Lipinski definition) is 0. The van der Waals surface area contributed by atoms with Crippen molar-refractivity contribution in [2.24, 2.45) is 0 Å². The molecule has 0 aromatic heterocycles. The first-order valence-electron chi connectivity index (χ1n) is 9.88. The molecule has 0 radical (unpaired) electrons. The molecule has 0 N–H and O–H groups in total. The van der Waals surface area contributed by atoms with Crippen LogP contribution in [0.15, 0.2) is 72.8 Å². The van der Waals surface area contributed by atoms with Crippen molar-refractivity contribution in [2.75, 3.05) is 0 Å². The van der Waals surface area contributed by atoms with Gasteiger partial charge < -0.3 is 0 Å². The fraction of sp³-hybridized carbons (Fsp3) is 0.360. The van der Waals surface area contributed by atoms with Crippen LogP contribution in [0.4, 0.5) is 0 Å². The molecule has 0 aliphatic heterocycles. The molecule has 0 fully saturated rings. The Balaban J connectivity index is 0.00000243. The zero-order chi connectivity index (χ0) is 17.5. The maximum absolute atomic E-state index is 2.45. The van der Waals surface area contributed by atoms with Crippen molar-refractivity contribution in [2.45, 2.75) is 57.8 Å². The number of unbranched alkanes of at least 4 members (excludes halogenated alkanes) is 4. The molecule has 0 spiro atoms. The van der Waals surface area contributed by atoms with E-state index in [1.807, 2.05) is 0 Å². The van der Waals surface area contributed by atoms with E-state index in [1.54, 1.807) is 0 Å². The molecule has 0 bridgehead atoms. The van der Waals surface area contributed by atoms with E-state index in [2.05, 4.69) is 86.7 Å². The minimum absolute atomic E-state index is 0. The first kappa shape index (κ1) is 21.9. The molecule has 0 heterocycles. The van der Waals surface area contributed by atoms with Gasteiger partial charge in [-0.1, -0.05) is 112 Å². The molecule has 2 aromatic carbocycles. The molecular formula is C25H31K. The van der Waals surface area contributed by atoms with Gasteiger partial charge in [-0.05, 0) is 35.1 Å². The molecule has 1 heteroatoms. The van der Waals surface area contributed by atoms with Crippen molar-refractivity contribution in [3.05, 3.63) is 84.0 Å². The Morgan fingerprint density at radius 3 is 1.54 bits per heavy atom. The van der Waals surface area contributed by atoms with E-state index in [4.69, 9.17) is 0 Å². The summed E-state index contributed by atoms with van der Waals surface area (Å²) in [5, 5.41) is 0. The molecule has 0 atom stereocenters. The molecule has 3 rings (SSSR count). The summed E-state index contributed by atoms with van der Waals surface area (Å²) < 4.78 is 0. The predicted octanol–water partition coefficient (Wildman–Crippen LogP) is 6.80. The average Bonchev–Trinajstić information content (AvgIpc) is 2.94. The summed E-state index contributed by atoms with van der Waals surface area (Å²) >= 11 is 0. The van der Waals surface area contributed by atoms with E-state index in [9.17, 15) is 0 Å². The van der Waals surface area contributed by atoms with E-state index in [0.29, 0.717) is 0 Å². The third kappa shape index (κ3) is 4.51. The fourth-order valence-electron chi connectivity index (χ4n) is 3.90. The Labute approximate surface area is 202 Å². The second kappa shape index (κ2) is 10.8. The summed E-state index contributed by atoms with van der Waals surface area (Å²) in [6.45, 7) is 4.52. The molecule has 26 heavy (non-hydrogen) atoms. The van der Waals surface area contributed by atoms with E-state index in [1.165, 1.54) is 47.9 Å². The van der Waals surface area contributed by atoms with Crippen LogP contribution in [-0.4, -0.2) is 51.4 Å². The van der Waals surface area contributed by atoms with Crippen LogP contribution in [0.25, 0.3) is 11.1 Å². The van der Waals surface area contributed by atoms with Crippen LogP contribution in [0.3, 0.4) is 0 Å². The molecule has 0 saturated carbocycles. The van der Waals surface area contributed by atoms with Gasteiger partial charge in [-0.25, -0.2) is 0 Å². The van der Waals surface area contributed by atoms with Gasteiger partial charge in [0, 0.05) is 0 Å². The fourth-order valence-corrected chi connectivity index (χ4v) is 3.90. The summed E-state index contributed by atoms with van der Waals surface area (Å²) in [6, 6.07) is 17.8. The second-order valence-electron chi connectivity index (χ2n) is 7.05. The van der Waals surface area contributed by atoms with Gasteiger partial charge in [-0.2, -0.15) is 0 Å². The Morgan fingerprint density at radius 1 is 0.692 bits per heavy atom. The summed E-state index contributed by atoms with van der Waals surface area (Å²) in [6.07, 6.45) is 17.0. The van der Waals surface area contributed by atoms with Crippen LogP contribution in [-0.2, 0) is 5.41 Å². The Morgan fingerprint density at radius 2 is 1.12 bits per heavy atom. The molecule has 1 aliphatic carbocycles. The van der Waals surface area contributed by atoms with E-state index in [-0.39, 0.29) is 56.8 Å². The summed E-state index contributed by atoms with van der Waals surface area (Å²) in [5.74, 6) is 0. The van der Waals surface area contributed by atoms with Gasteiger partial charge in [0.2, 0.25) is 0 Å². The van der Waals surface area contributed by atoms with Gasteiger partial charge in [0.15, 0.2) is 0 Å². The number of hydrogen-bond acceptors (Lipinski definition) is 0. The van der Waals surface area contributed by atoms with Crippen LogP contribution in [0, 0.1) is 0 Å². The van der Waals surface area contributed by atoms with Gasteiger partial charge >= 0.3 is 51.4 Å². The average molecular weight is 371 g/mol. The first-order chi connectivity index (χ1) is 12.3. The number of fused-ring (bicyclic) bond motifs is 3. The van der Waals surface area contributed by atoms with E-state index >= 15 is 0 Å². The summed E-state index contributed by atoms with van der Waals surface area (Å²) in [4.78, 5) is 0. The topological polar surface area (TPSA) is 0 Å². The van der Waals surface area contributed by atoms with Crippen LogP contribution in [0.5, 0.6) is 0 Å². The third-order valence-corrected chi connectivity index (χ3v) is 5.25. The Hall–Kier alpha value is -0.444. The third-order valence-electron chi connectivity index (χ3n) is 5.25. The van der Waals surface area contributed by atoms with E-state index < -0.39 is 0 Å². The van der Waals surface area contributed by atoms with Crippen LogP contribution >= 0.6 is 0 Å². The van der Waals surface area contributed by atoms with Gasteiger partial charge in [0.05, 0.1) is 5.41 Å². The molecular weight excluding hydrogens is 339 g/mol. The van der Waals surface area contributed by atoms with Crippen LogP contribution in [0.2, 0.25) is 0 Å². The molecule has 1 aliphatic rings. The van der Waals surface area contributed by atoms with Gasteiger partial charge in [-0.15, -0.1) is 0 Å². The summed E-state index contributed by atoms with van der Waals surface area (Å²) in [5.41, 5.74) is 5.53. The van der Waals surface area contributed by atoms with E-state index in [0.717, 1.165) is 12.8 Å². The zero-order valence-corrected chi connectivity index (χ0v) is 15.7. The second-order valence-corrected chi connectivity index (χ2v) is 7.05. The number of allylic oxidation sites excluding steroid dienone is 4. The standard InChI is InChI=1S/C25H30.K.H/c1-3-5-7-13-19-25(20-14-8-6-4-2)23-17-11-9-15-21(23)22-16-10-12-18-24(22)25;;/h9-20H,3-8H2,1-2H3;;. The monoisotopic (exact) mass is 370 g/mol. The van der Waals surface area contributed by atoms with Crippen molar-refractivity contribution in [1.29, 1.82) is 0 Å². The Kier molecular flexibility index (Phi) is 9.06. The van der Waals surface area contributed by atoms with Gasteiger partial charge in [0.25, 0.3) is 0 Å². The van der Waals surface area contributed by atoms with Crippen LogP contribution in [0.1, 0.15) is 63.5 Å². The predicted molar refractivity (Wildman–Crippen MR) is 117 cm³/mol. The zero-order valence-electron chi connectivity index (χ0n) is 15.7. The summed E-state index contributed by atoms with van der Waals surface area (Å²) in [7, 11) is 0. The van der Waals surface area contributed by atoms with Crippen LogP contribution < -0.4 is 0 Å². The molecule has 0 unspecified atom stereocenters. The van der Waals surface area contributed by atoms with Crippen molar-refractivity contribution in [3.8, 4) is 11.1 Å². The molecule has 132 valence electrons. The maximum atomic E-state index is 2.45. The molecule has 0 saturated heterocycles. The molecule has 0 amide bonds. The first-order valence-corrected chi connectivity index (χ1v) is 9.88. The van der Waals surface area contributed by atoms with Crippen molar-refractivity contribution >= 4 is 51.4 Å². The number of benzene rings is 2. The molecule has 0 nitrogen and oxygen atoms in total. The number of rotatable bonds is 8. The van der Waals surface area contributed by atoms with Gasteiger partial charge in [0.1, 0.15) is 0 Å². The Bertz CT molecular complexity index is 689. The quantitative estimate of drug-likeness (QED) is 0.272. The van der Waals surface area contributed by atoms with Crippen molar-refractivity contribution in [1.82, 2.24) is 0 Å². The molecule has 2 aromatic rings.